The van der Waals surface area contributed by atoms with Crippen LogP contribution in [0.3, 0.4) is 0 Å². The Morgan fingerprint density at radius 1 is 1.23 bits per heavy atom. The summed E-state index contributed by atoms with van der Waals surface area (Å²) in [5.74, 6) is 1.26. The molecule has 112 valence electrons. The van der Waals surface area contributed by atoms with Gasteiger partial charge in [0.05, 0.1) is 5.69 Å². The van der Waals surface area contributed by atoms with Gasteiger partial charge in [0.1, 0.15) is 11.6 Å². The van der Waals surface area contributed by atoms with E-state index in [1.165, 1.54) is 17.4 Å². The van der Waals surface area contributed by atoms with E-state index in [9.17, 15) is 4.39 Å². The number of hydrogen-bond donors (Lipinski definition) is 1. The van der Waals surface area contributed by atoms with Gasteiger partial charge in [0, 0.05) is 23.5 Å². The van der Waals surface area contributed by atoms with Gasteiger partial charge in [-0.1, -0.05) is 12.1 Å². The average molecular weight is 315 g/mol. The number of benzene rings is 1. The molecule has 0 amide bonds. The molecule has 2 N–H and O–H groups in total. The minimum Gasteiger partial charge on any atom is -0.328 e. The maximum atomic E-state index is 14.3. The average Bonchev–Trinajstić information content (AvgIpc) is 3.13. The summed E-state index contributed by atoms with van der Waals surface area (Å²) in [6.07, 6.45) is 3.41. The molecule has 0 bridgehead atoms. The van der Waals surface area contributed by atoms with Crippen molar-refractivity contribution < 1.29 is 4.39 Å². The summed E-state index contributed by atoms with van der Waals surface area (Å²) in [7, 11) is 0. The van der Waals surface area contributed by atoms with Crippen LogP contribution in [0.1, 0.15) is 24.6 Å². The van der Waals surface area contributed by atoms with Crippen LogP contribution in [0.5, 0.6) is 0 Å². The Labute approximate surface area is 130 Å². The number of halogens is 1. The zero-order valence-corrected chi connectivity index (χ0v) is 12.5. The lowest BCUT2D eigenvalue weighted by atomic mass is 9.80. The topological polar surface area (TPSA) is 69.6 Å². The highest BCUT2D eigenvalue weighted by atomic mass is 32.1. The van der Waals surface area contributed by atoms with Gasteiger partial charge in [0.25, 0.3) is 0 Å². The quantitative estimate of drug-likeness (QED) is 0.807. The van der Waals surface area contributed by atoms with Crippen molar-refractivity contribution in [2.45, 2.75) is 24.8 Å². The van der Waals surface area contributed by atoms with Gasteiger partial charge < -0.3 is 5.73 Å². The molecule has 1 aliphatic rings. The maximum Gasteiger partial charge on any atom is 0.197 e. The monoisotopic (exact) mass is 315 g/mol. The van der Waals surface area contributed by atoms with E-state index in [4.69, 9.17) is 5.73 Å². The van der Waals surface area contributed by atoms with Crippen LogP contribution in [0.25, 0.3) is 16.5 Å². The predicted octanol–water partition coefficient (Wildman–Crippen LogP) is 2.73. The van der Waals surface area contributed by atoms with Crippen molar-refractivity contribution >= 4 is 11.3 Å². The third-order valence-electron chi connectivity index (χ3n) is 3.94. The minimum atomic E-state index is -0.301. The van der Waals surface area contributed by atoms with E-state index < -0.39 is 0 Å². The first-order valence-corrected chi connectivity index (χ1v) is 7.97. The second-order valence-electron chi connectivity index (χ2n) is 5.43. The Kier molecular flexibility index (Phi) is 3.24. The Morgan fingerprint density at radius 3 is 2.73 bits per heavy atom. The molecule has 1 saturated carbocycles. The number of nitrogens with zero attached hydrogens (tertiary/aromatic N) is 4. The van der Waals surface area contributed by atoms with Crippen molar-refractivity contribution in [3.63, 3.8) is 0 Å². The molecule has 2 heterocycles. The Balaban J connectivity index is 1.89. The van der Waals surface area contributed by atoms with Gasteiger partial charge >= 0.3 is 0 Å². The van der Waals surface area contributed by atoms with Gasteiger partial charge in [-0.25, -0.2) is 9.37 Å². The highest BCUT2D eigenvalue weighted by molar-refractivity contribution is 7.13. The largest absolute Gasteiger partial charge is 0.328 e. The molecule has 3 aromatic rings. The summed E-state index contributed by atoms with van der Waals surface area (Å²) in [6.45, 7) is 0. The smallest absolute Gasteiger partial charge is 0.197 e. The lowest BCUT2D eigenvalue weighted by Crippen LogP contribution is -2.36. The Hall–Kier alpha value is -2.12. The molecule has 1 fully saturated rings. The molecule has 0 spiro atoms. The number of aromatic nitrogens is 4. The lowest BCUT2D eigenvalue weighted by Gasteiger charge is -2.31. The van der Waals surface area contributed by atoms with Gasteiger partial charge in [-0.2, -0.15) is 0 Å². The highest BCUT2D eigenvalue weighted by Crippen LogP contribution is 2.38. The number of nitrogens with two attached hydrogens (primary N) is 1. The van der Waals surface area contributed by atoms with Crippen LogP contribution >= 0.6 is 11.3 Å². The number of hydrogen-bond acceptors (Lipinski definition) is 5. The standard InChI is InChI=1S/C15H14FN5S/c16-11-3-1-2-4-12(11)21-13(9-7-10(17)8-9)19-20-14(21)15-18-5-6-22-15/h1-6,9-10H,7-8,17H2/t9-,10-. The van der Waals surface area contributed by atoms with Crippen molar-refractivity contribution in [3.8, 4) is 16.5 Å². The van der Waals surface area contributed by atoms with Crippen LogP contribution in [-0.2, 0) is 0 Å². The zero-order valence-electron chi connectivity index (χ0n) is 11.7. The summed E-state index contributed by atoms with van der Waals surface area (Å²) in [6, 6.07) is 6.85. The van der Waals surface area contributed by atoms with Crippen molar-refractivity contribution in [1.82, 2.24) is 19.7 Å². The molecule has 0 unspecified atom stereocenters. The Morgan fingerprint density at radius 2 is 2.05 bits per heavy atom. The van der Waals surface area contributed by atoms with Crippen LogP contribution in [0.15, 0.2) is 35.8 Å². The second kappa shape index (κ2) is 5.26. The highest BCUT2D eigenvalue weighted by Gasteiger charge is 2.33. The second-order valence-corrected chi connectivity index (χ2v) is 6.33. The molecule has 0 saturated heterocycles. The van der Waals surface area contributed by atoms with Crippen LogP contribution < -0.4 is 5.73 Å². The maximum absolute atomic E-state index is 14.3. The molecule has 1 aromatic carbocycles. The third kappa shape index (κ3) is 2.13. The van der Waals surface area contributed by atoms with Crippen molar-refractivity contribution in [2.75, 3.05) is 0 Å². The van der Waals surface area contributed by atoms with E-state index in [-0.39, 0.29) is 17.8 Å². The first-order chi connectivity index (χ1) is 10.7. The molecule has 0 aliphatic heterocycles. The van der Waals surface area contributed by atoms with Gasteiger partial charge in [-0.15, -0.1) is 21.5 Å². The van der Waals surface area contributed by atoms with Crippen LogP contribution in [0, 0.1) is 5.82 Å². The predicted molar refractivity (Wildman–Crippen MR) is 82.4 cm³/mol. The van der Waals surface area contributed by atoms with Crippen LogP contribution in [0.4, 0.5) is 4.39 Å². The molecule has 2 aromatic heterocycles. The molecular formula is C15H14FN5S. The zero-order chi connectivity index (χ0) is 15.1. The molecule has 22 heavy (non-hydrogen) atoms. The number of para-hydroxylation sites is 1. The minimum absolute atomic E-state index is 0.194. The fourth-order valence-corrected chi connectivity index (χ4v) is 3.39. The van der Waals surface area contributed by atoms with E-state index in [2.05, 4.69) is 15.2 Å². The van der Waals surface area contributed by atoms with Crippen LogP contribution in [0.2, 0.25) is 0 Å². The number of rotatable bonds is 3. The van der Waals surface area contributed by atoms with Gasteiger partial charge in [0.2, 0.25) is 0 Å². The number of thiazole rings is 1. The molecule has 7 heteroatoms. The molecule has 1 aliphatic carbocycles. The first kappa shape index (κ1) is 13.5. The molecular weight excluding hydrogens is 301 g/mol. The van der Waals surface area contributed by atoms with Crippen molar-refractivity contribution in [2.24, 2.45) is 5.73 Å². The molecule has 0 radical (unpaired) electrons. The summed E-state index contributed by atoms with van der Waals surface area (Å²) in [5.41, 5.74) is 6.34. The fourth-order valence-electron chi connectivity index (χ4n) is 2.78. The van der Waals surface area contributed by atoms with E-state index in [1.54, 1.807) is 29.0 Å². The fraction of sp³-hybridized carbons (Fsp3) is 0.267. The summed E-state index contributed by atoms with van der Waals surface area (Å²) >= 11 is 1.46. The van der Waals surface area contributed by atoms with E-state index in [1.807, 2.05) is 5.38 Å². The molecule has 4 rings (SSSR count). The van der Waals surface area contributed by atoms with E-state index in [0.717, 1.165) is 23.7 Å². The van der Waals surface area contributed by atoms with Gasteiger partial charge in [-0.3, -0.25) is 4.57 Å². The van der Waals surface area contributed by atoms with E-state index >= 15 is 0 Å². The summed E-state index contributed by atoms with van der Waals surface area (Å²) in [4.78, 5) is 4.28. The lowest BCUT2D eigenvalue weighted by molar-refractivity contribution is 0.334. The summed E-state index contributed by atoms with van der Waals surface area (Å²) in [5, 5.41) is 11.2. The summed E-state index contributed by atoms with van der Waals surface area (Å²) < 4.78 is 16.1. The SMILES string of the molecule is N[C@H]1C[C@H](c2nnc(-c3nccs3)n2-c2ccccc2F)C1. The van der Waals surface area contributed by atoms with Gasteiger partial charge in [-0.05, 0) is 25.0 Å². The van der Waals surface area contributed by atoms with Gasteiger partial charge in [0.15, 0.2) is 10.8 Å². The van der Waals surface area contributed by atoms with Crippen LogP contribution in [-0.4, -0.2) is 25.8 Å². The van der Waals surface area contributed by atoms with Crippen molar-refractivity contribution in [1.29, 1.82) is 0 Å². The normalized spacial score (nSPS) is 20.8. The third-order valence-corrected chi connectivity index (χ3v) is 4.71. The molecule has 0 atom stereocenters. The van der Waals surface area contributed by atoms with Crippen molar-refractivity contribution in [3.05, 3.63) is 47.5 Å². The first-order valence-electron chi connectivity index (χ1n) is 7.09. The van der Waals surface area contributed by atoms with E-state index in [0.29, 0.717) is 11.5 Å². The molecule has 5 nitrogen and oxygen atoms in total. The Bertz CT molecular complexity index is 792.